The number of morpholine rings is 1. The van der Waals surface area contributed by atoms with Crippen molar-refractivity contribution < 1.29 is 14.0 Å². The van der Waals surface area contributed by atoms with Gasteiger partial charge in [0.25, 0.3) is 0 Å². The first-order valence-electron chi connectivity index (χ1n) is 9.38. The first-order valence-corrected chi connectivity index (χ1v) is 9.38. The zero-order valence-corrected chi connectivity index (χ0v) is 15.5. The minimum atomic E-state index is 0.292. The van der Waals surface area contributed by atoms with E-state index in [2.05, 4.69) is 25.3 Å². The first kappa shape index (κ1) is 17.0. The Labute approximate surface area is 162 Å². The summed E-state index contributed by atoms with van der Waals surface area (Å²) in [4.78, 5) is 11.3. The highest BCUT2D eigenvalue weighted by molar-refractivity contribution is 5.64. The van der Waals surface area contributed by atoms with Gasteiger partial charge in [-0.3, -0.25) is 0 Å². The van der Waals surface area contributed by atoms with Crippen LogP contribution in [-0.2, 0) is 4.74 Å². The fourth-order valence-corrected chi connectivity index (χ4v) is 3.71. The number of benzene rings is 1. The van der Waals surface area contributed by atoms with Gasteiger partial charge in [0.15, 0.2) is 0 Å². The molecule has 2 atom stereocenters. The lowest BCUT2D eigenvalue weighted by atomic mass is 10.1. The van der Waals surface area contributed by atoms with Gasteiger partial charge in [-0.15, -0.1) is 0 Å². The van der Waals surface area contributed by atoms with Crippen molar-refractivity contribution in [1.29, 1.82) is 0 Å². The van der Waals surface area contributed by atoms with Gasteiger partial charge in [0.1, 0.15) is 17.3 Å². The quantitative estimate of drug-likeness (QED) is 0.723. The third-order valence-electron chi connectivity index (χ3n) is 5.12. The van der Waals surface area contributed by atoms with Crippen LogP contribution >= 0.6 is 0 Å². The van der Waals surface area contributed by atoms with E-state index in [4.69, 9.17) is 14.0 Å². The van der Waals surface area contributed by atoms with Crippen molar-refractivity contribution in [1.82, 2.24) is 15.1 Å². The second kappa shape index (κ2) is 7.12. The second-order valence-electron chi connectivity index (χ2n) is 7.03. The van der Waals surface area contributed by atoms with Crippen molar-refractivity contribution in [2.75, 3.05) is 30.4 Å². The summed E-state index contributed by atoms with van der Waals surface area (Å²) in [6.07, 6.45) is 4.57. The molecule has 0 spiro atoms. The second-order valence-corrected chi connectivity index (χ2v) is 7.03. The van der Waals surface area contributed by atoms with Gasteiger partial charge in [0.2, 0.25) is 11.8 Å². The number of rotatable bonds is 5. The molecule has 144 valence electrons. The number of hydrogen-bond donors (Lipinski definition) is 1. The van der Waals surface area contributed by atoms with Crippen molar-refractivity contribution in [2.45, 2.75) is 25.0 Å². The van der Waals surface area contributed by atoms with E-state index in [9.17, 15) is 0 Å². The van der Waals surface area contributed by atoms with Crippen LogP contribution in [0, 0.1) is 0 Å². The summed E-state index contributed by atoms with van der Waals surface area (Å²) in [6, 6.07) is 11.3. The maximum atomic E-state index is 5.89. The van der Waals surface area contributed by atoms with E-state index >= 15 is 0 Å². The van der Waals surface area contributed by atoms with Gasteiger partial charge in [-0.2, -0.15) is 4.98 Å². The summed E-state index contributed by atoms with van der Waals surface area (Å²) in [5.41, 5.74) is 1.69. The molecule has 4 heterocycles. The molecule has 0 saturated carbocycles. The van der Waals surface area contributed by atoms with E-state index in [1.807, 2.05) is 36.4 Å². The number of methoxy groups -OCH3 is 1. The Hall–Kier alpha value is -3.13. The summed E-state index contributed by atoms with van der Waals surface area (Å²) in [7, 11) is 1.64. The molecular weight excluding hydrogens is 358 g/mol. The number of anilines is 3. The SMILES string of the molecule is COc1ccc(-c2cc(Nc3ccnc(N4CC5CCC(C4)O5)n3)on2)cc1. The van der Waals surface area contributed by atoms with Crippen LogP contribution in [0.3, 0.4) is 0 Å². The number of aromatic nitrogens is 3. The zero-order valence-electron chi connectivity index (χ0n) is 15.5. The Morgan fingerprint density at radius 3 is 2.64 bits per heavy atom. The lowest BCUT2D eigenvalue weighted by Gasteiger charge is -2.32. The minimum absolute atomic E-state index is 0.292. The molecule has 1 aromatic carbocycles. The van der Waals surface area contributed by atoms with E-state index in [0.29, 0.717) is 29.9 Å². The zero-order chi connectivity index (χ0) is 18.9. The van der Waals surface area contributed by atoms with Crippen molar-refractivity contribution in [2.24, 2.45) is 0 Å². The monoisotopic (exact) mass is 379 g/mol. The molecule has 2 saturated heterocycles. The molecule has 8 nitrogen and oxygen atoms in total. The van der Waals surface area contributed by atoms with E-state index in [0.717, 1.165) is 42.9 Å². The van der Waals surface area contributed by atoms with E-state index in [1.54, 1.807) is 13.3 Å². The Morgan fingerprint density at radius 2 is 1.89 bits per heavy atom. The van der Waals surface area contributed by atoms with Crippen LogP contribution in [0.4, 0.5) is 17.7 Å². The Morgan fingerprint density at radius 1 is 1.11 bits per heavy atom. The van der Waals surface area contributed by atoms with Crippen LogP contribution < -0.4 is 15.0 Å². The molecule has 2 bridgehead atoms. The molecule has 2 unspecified atom stereocenters. The molecule has 2 aliphatic heterocycles. The molecule has 28 heavy (non-hydrogen) atoms. The average Bonchev–Trinajstić information content (AvgIpc) is 3.34. The van der Waals surface area contributed by atoms with Crippen LogP contribution in [0.5, 0.6) is 5.75 Å². The van der Waals surface area contributed by atoms with Gasteiger partial charge < -0.3 is 24.2 Å². The predicted octanol–water partition coefficient (Wildman–Crippen LogP) is 3.25. The molecule has 5 rings (SSSR count). The van der Waals surface area contributed by atoms with Crippen molar-refractivity contribution >= 4 is 17.7 Å². The maximum absolute atomic E-state index is 5.89. The molecule has 1 N–H and O–H groups in total. The summed E-state index contributed by atoms with van der Waals surface area (Å²) in [5, 5.41) is 7.30. The lowest BCUT2D eigenvalue weighted by molar-refractivity contribution is 0.0299. The fourth-order valence-electron chi connectivity index (χ4n) is 3.71. The van der Waals surface area contributed by atoms with Crippen LogP contribution in [0.25, 0.3) is 11.3 Å². The van der Waals surface area contributed by atoms with E-state index in [-0.39, 0.29) is 0 Å². The standard InChI is InChI=1S/C20H21N5O3/c1-26-14-4-2-13(3-5-14)17-10-19(28-24-17)22-18-8-9-21-20(23-18)25-11-15-6-7-16(12-25)27-15/h2-5,8-10,15-16H,6-7,11-12H2,1H3,(H,21,22,23). The summed E-state index contributed by atoms with van der Waals surface area (Å²) in [6.45, 7) is 1.67. The molecule has 8 heteroatoms. The summed E-state index contributed by atoms with van der Waals surface area (Å²) in [5.74, 6) is 2.70. The van der Waals surface area contributed by atoms with Crippen LogP contribution in [0.2, 0.25) is 0 Å². The lowest BCUT2D eigenvalue weighted by Crippen LogP contribution is -2.43. The number of hydrogen-bond acceptors (Lipinski definition) is 8. The predicted molar refractivity (Wildman–Crippen MR) is 104 cm³/mol. The van der Waals surface area contributed by atoms with Crippen molar-refractivity contribution in [3.63, 3.8) is 0 Å². The highest BCUT2D eigenvalue weighted by Crippen LogP contribution is 2.29. The number of ether oxygens (including phenoxy) is 2. The summed E-state index contributed by atoms with van der Waals surface area (Å²) >= 11 is 0. The summed E-state index contributed by atoms with van der Waals surface area (Å²) < 4.78 is 16.5. The van der Waals surface area contributed by atoms with Gasteiger partial charge in [-0.05, 0) is 43.2 Å². The number of nitrogens with one attached hydrogen (secondary N) is 1. The first-order chi connectivity index (χ1) is 13.8. The van der Waals surface area contributed by atoms with Gasteiger partial charge in [0.05, 0.1) is 19.3 Å². The van der Waals surface area contributed by atoms with E-state index < -0.39 is 0 Å². The van der Waals surface area contributed by atoms with E-state index in [1.165, 1.54) is 0 Å². The molecule has 0 amide bonds. The smallest absolute Gasteiger partial charge is 0.230 e. The van der Waals surface area contributed by atoms with Crippen LogP contribution in [0.15, 0.2) is 47.1 Å². The molecule has 3 aromatic rings. The Balaban J connectivity index is 1.30. The normalized spacial score (nSPS) is 21.0. The Bertz CT molecular complexity index is 946. The topological polar surface area (TPSA) is 85.5 Å². The molecule has 0 aliphatic carbocycles. The highest BCUT2D eigenvalue weighted by Gasteiger charge is 2.34. The third-order valence-corrected chi connectivity index (χ3v) is 5.12. The minimum Gasteiger partial charge on any atom is -0.497 e. The highest BCUT2D eigenvalue weighted by atomic mass is 16.5. The number of nitrogens with zero attached hydrogens (tertiary/aromatic N) is 4. The van der Waals surface area contributed by atoms with Crippen molar-refractivity contribution in [3.8, 4) is 17.0 Å². The maximum Gasteiger partial charge on any atom is 0.230 e. The van der Waals surface area contributed by atoms with Gasteiger partial charge in [0, 0.05) is 30.9 Å². The van der Waals surface area contributed by atoms with Crippen LogP contribution in [0.1, 0.15) is 12.8 Å². The molecular formula is C20H21N5O3. The largest absolute Gasteiger partial charge is 0.497 e. The Kier molecular flexibility index (Phi) is 4.32. The molecule has 2 aliphatic rings. The molecule has 2 aromatic heterocycles. The molecule has 2 fully saturated rings. The fraction of sp³-hybridized carbons (Fsp3) is 0.350. The third kappa shape index (κ3) is 3.38. The van der Waals surface area contributed by atoms with Gasteiger partial charge >= 0.3 is 0 Å². The number of fused-ring (bicyclic) bond motifs is 2. The van der Waals surface area contributed by atoms with Crippen molar-refractivity contribution in [3.05, 3.63) is 42.6 Å². The van der Waals surface area contributed by atoms with Crippen LogP contribution in [-0.4, -0.2) is 47.5 Å². The van der Waals surface area contributed by atoms with Gasteiger partial charge in [-0.25, -0.2) is 4.98 Å². The average molecular weight is 379 g/mol. The van der Waals surface area contributed by atoms with Gasteiger partial charge in [-0.1, -0.05) is 5.16 Å². The molecule has 0 radical (unpaired) electrons.